The van der Waals surface area contributed by atoms with Gasteiger partial charge < -0.3 is 20.9 Å². The van der Waals surface area contributed by atoms with Crippen LogP contribution in [0.2, 0.25) is 0 Å². The fourth-order valence-electron chi connectivity index (χ4n) is 2.46. The first-order valence-electron chi connectivity index (χ1n) is 6.64. The van der Waals surface area contributed by atoms with Crippen molar-refractivity contribution in [2.24, 2.45) is 5.73 Å². The number of amides is 1. The minimum Gasteiger partial charge on any atom is -0.365 e. The lowest BCUT2D eigenvalue weighted by molar-refractivity contribution is 0.100. The molecule has 0 spiro atoms. The molecule has 6 heteroatoms. The zero-order chi connectivity index (χ0) is 13.9. The molecule has 104 valence electrons. The maximum absolute atomic E-state index is 11.7. The highest BCUT2D eigenvalue weighted by molar-refractivity contribution is 5.99. The summed E-state index contributed by atoms with van der Waals surface area (Å²) in [6.07, 6.45) is 3.45. The third-order valence-corrected chi connectivity index (χ3v) is 3.49. The van der Waals surface area contributed by atoms with E-state index in [1.54, 1.807) is 12.4 Å². The minimum atomic E-state index is -0.407. The number of nitrogens with two attached hydrogens (primary N) is 1. The van der Waals surface area contributed by atoms with Crippen molar-refractivity contribution in [2.45, 2.75) is 0 Å². The van der Waals surface area contributed by atoms with E-state index in [0.717, 1.165) is 43.3 Å². The second kappa shape index (κ2) is 5.34. The Labute approximate surface area is 117 Å². The number of aromatic amines is 1. The molecular formula is C14H17N5O. The minimum absolute atomic E-state index is 0.407. The molecule has 2 aromatic heterocycles. The summed E-state index contributed by atoms with van der Waals surface area (Å²) >= 11 is 0. The Balaban J connectivity index is 2.00. The molecule has 0 aromatic carbocycles. The quantitative estimate of drug-likeness (QED) is 0.762. The molecule has 1 saturated heterocycles. The van der Waals surface area contributed by atoms with E-state index in [1.807, 2.05) is 18.2 Å². The van der Waals surface area contributed by atoms with E-state index in [0.29, 0.717) is 5.56 Å². The zero-order valence-corrected chi connectivity index (χ0v) is 11.1. The third-order valence-electron chi connectivity index (χ3n) is 3.49. The molecule has 0 atom stereocenters. The Morgan fingerprint density at radius 2 is 1.95 bits per heavy atom. The van der Waals surface area contributed by atoms with Crippen molar-refractivity contribution in [1.29, 1.82) is 0 Å². The number of pyridine rings is 1. The van der Waals surface area contributed by atoms with Crippen LogP contribution in [0.15, 0.2) is 30.6 Å². The summed E-state index contributed by atoms with van der Waals surface area (Å²) in [5.41, 5.74) is 7.91. The molecule has 0 saturated carbocycles. The first-order valence-corrected chi connectivity index (χ1v) is 6.64. The van der Waals surface area contributed by atoms with Crippen LogP contribution in [0.5, 0.6) is 0 Å². The van der Waals surface area contributed by atoms with Crippen molar-refractivity contribution in [3.05, 3.63) is 36.2 Å². The van der Waals surface area contributed by atoms with Crippen molar-refractivity contribution >= 4 is 11.7 Å². The van der Waals surface area contributed by atoms with E-state index in [4.69, 9.17) is 5.73 Å². The normalized spacial score (nSPS) is 15.3. The lowest BCUT2D eigenvalue weighted by Crippen LogP contribution is -2.44. The number of anilines is 1. The molecule has 1 aliphatic heterocycles. The number of carbonyl (C=O) groups is 1. The lowest BCUT2D eigenvalue weighted by atomic mass is 10.2. The average Bonchev–Trinajstić information content (AvgIpc) is 2.94. The van der Waals surface area contributed by atoms with Crippen molar-refractivity contribution in [2.75, 3.05) is 31.1 Å². The fraction of sp³-hybridized carbons (Fsp3) is 0.286. The van der Waals surface area contributed by atoms with Crippen LogP contribution in [0.4, 0.5) is 5.82 Å². The summed E-state index contributed by atoms with van der Waals surface area (Å²) in [5.74, 6) is 0.404. The van der Waals surface area contributed by atoms with Crippen LogP contribution in [0.1, 0.15) is 10.4 Å². The molecule has 0 bridgehead atoms. The van der Waals surface area contributed by atoms with Gasteiger partial charge in [-0.3, -0.25) is 9.78 Å². The molecule has 0 radical (unpaired) electrons. The fourth-order valence-corrected chi connectivity index (χ4v) is 2.46. The number of hydrogen-bond donors (Lipinski definition) is 3. The van der Waals surface area contributed by atoms with E-state index < -0.39 is 5.91 Å². The lowest BCUT2D eigenvalue weighted by Gasteiger charge is -2.28. The van der Waals surface area contributed by atoms with Gasteiger partial charge in [0.05, 0.1) is 5.56 Å². The van der Waals surface area contributed by atoms with Gasteiger partial charge >= 0.3 is 0 Å². The summed E-state index contributed by atoms with van der Waals surface area (Å²) in [4.78, 5) is 21.1. The van der Waals surface area contributed by atoms with Crippen LogP contribution in [0.25, 0.3) is 11.3 Å². The van der Waals surface area contributed by atoms with Gasteiger partial charge in [0.15, 0.2) is 0 Å². The van der Waals surface area contributed by atoms with Crippen LogP contribution in [-0.2, 0) is 0 Å². The Morgan fingerprint density at radius 1 is 1.25 bits per heavy atom. The highest BCUT2D eigenvalue weighted by Crippen LogP contribution is 2.27. The van der Waals surface area contributed by atoms with Crippen molar-refractivity contribution < 1.29 is 4.79 Å². The van der Waals surface area contributed by atoms with Gasteiger partial charge in [0.25, 0.3) is 5.91 Å². The first-order chi connectivity index (χ1) is 9.75. The summed E-state index contributed by atoms with van der Waals surface area (Å²) < 4.78 is 0. The molecule has 20 heavy (non-hydrogen) atoms. The summed E-state index contributed by atoms with van der Waals surface area (Å²) in [5, 5.41) is 3.29. The molecule has 1 amide bonds. The highest BCUT2D eigenvalue weighted by atomic mass is 16.1. The molecule has 1 fully saturated rings. The van der Waals surface area contributed by atoms with E-state index in [2.05, 4.69) is 20.2 Å². The molecule has 1 aliphatic rings. The predicted octanol–water partition coefficient (Wildman–Crippen LogP) is 0.585. The van der Waals surface area contributed by atoms with Gasteiger partial charge in [0, 0.05) is 49.8 Å². The third kappa shape index (κ3) is 2.37. The number of nitrogens with one attached hydrogen (secondary N) is 2. The van der Waals surface area contributed by atoms with Crippen molar-refractivity contribution in [3.8, 4) is 11.3 Å². The van der Waals surface area contributed by atoms with Gasteiger partial charge in [-0.2, -0.15) is 0 Å². The first kappa shape index (κ1) is 12.7. The van der Waals surface area contributed by atoms with Crippen molar-refractivity contribution in [3.63, 3.8) is 0 Å². The maximum atomic E-state index is 11.7. The number of primary amides is 1. The SMILES string of the molecule is NC(=O)c1cc(-c2ccncc2)[nH]c1N1CCNCC1. The Bertz CT molecular complexity index is 601. The topological polar surface area (TPSA) is 87.0 Å². The molecule has 3 heterocycles. The number of H-pyrrole nitrogens is 1. The molecular weight excluding hydrogens is 254 g/mol. The number of hydrogen-bond acceptors (Lipinski definition) is 4. The molecule has 0 aliphatic carbocycles. The van der Waals surface area contributed by atoms with E-state index in [1.165, 1.54) is 0 Å². The molecule has 6 nitrogen and oxygen atoms in total. The Hall–Kier alpha value is -2.34. The van der Waals surface area contributed by atoms with Gasteiger partial charge in [-0.1, -0.05) is 0 Å². The average molecular weight is 271 g/mol. The van der Waals surface area contributed by atoms with Crippen LogP contribution in [0, 0.1) is 0 Å². The van der Waals surface area contributed by atoms with Gasteiger partial charge in [0.1, 0.15) is 5.82 Å². The van der Waals surface area contributed by atoms with Crippen LogP contribution >= 0.6 is 0 Å². The monoisotopic (exact) mass is 271 g/mol. The summed E-state index contributed by atoms with van der Waals surface area (Å²) in [7, 11) is 0. The van der Waals surface area contributed by atoms with Crippen LogP contribution < -0.4 is 16.0 Å². The number of nitrogens with zero attached hydrogens (tertiary/aromatic N) is 2. The van der Waals surface area contributed by atoms with Crippen LogP contribution in [-0.4, -0.2) is 42.1 Å². The van der Waals surface area contributed by atoms with Gasteiger partial charge in [-0.05, 0) is 18.2 Å². The Morgan fingerprint density at radius 3 is 2.60 bits per heavy atom. The van der Waals surface area contributed by atoms with Crippen molar-refractivity contribution in [1.82, 2.24) is 15.3 Å². The number of piperazine rings is 1. The largest absolute Gasteiger partial charge is 0.365 e. The summed E-state index contributed by atoms with van der Waals surface area (Å²) in [6, 6.07) is 5.62. The van der Waals surface area contributed by atoms with E-state index >= 15 is 0 Å². The number of aromatic nitrogens is 2. The predicted molar refractivity (Wildman–Crippen MR) is 77.6 cm³/mol. The maximum Gasteiger partial charge on any atom is 0.252 e. The molecule has 3 rings (SSSR count). The standard InChI is InChI=1S/C14H17N5O/c15-13(20)11-9-12(10-1-3-16-4-2-10)18-14(11)19-7-5-17-6-8-19/h1-4,9,17-18H,5-8H2,(H2,15,20). The highest BCUT2D eigenvalue weighted by Gasteiger charge is 2.20. The molecule has 0 unspecified atom stereocenters. The molecule has 2 aromatic rings. The zero-order valence-electron chi connectivity index (χ0n) is 11.1. The second-order valence-corrected chi connectivity index (χ2v) is 4.78. The van der Waals surface area contributed by atoms with Crippen LogP contribution in [0.3, 0.4) is 0 Å². The van der Waals surface area contributed by atoms with Gasteiger partial charge in [-0.15, -0.1) is 0 Å². The number of carbonyl (C=O) groups excluding carboxylic acids is 1. The van der Waals surface area contributed by atoms with Gasteiger partial charge in [-0.25, -0.2) is 0 Å². The van der Waals surface area contributed by atoms with E-state index in [-0.39, 0.29) is 0 Å². The second-order valence-electron chi connectivity index (χ2n) is 4.78. The van der Waals surface area contributed by atoms with Gasteiger partial charge in [0.2, 0.25) is 0 Å². The number of rotatable bonds is 3. The Kier molecular flexibility index (Phi) is 3.39. The smallest absolute Gasteiger partial charge is 0.252 e. The van der Waals surface area contributed by atoms with E-state index in [9.17, 15) is 4.79 Å². The molecule has 4 N–H and O–H groups in total. The summed E-state index contributed by atoms with van der Waals surface area (Å²) in [6.45, 7) is 3.52.